The lowest BCUT2D eigenvalue weighted by Gasteiger charge is -2.27. The van der Waals surface area contributed by atoms with Gasteiger partial charge in [0.15, 0.2) is 5.96 Å². The number of aliphatic imine (C=N–C) groups is 1. The van der Waals surface area contributed by atoms with Crippen LogP contribution in [0.1, 0.15) is 49.9 Å². The first-order valence-electron chi connectivity index (χ1n) is 8.66. The first-order chi connectivity index (χ1) is 11.9. The lowest BCUT2D eigenvalue weighted by atomic mass is 9.85. The van der Waals surface area contributed by atoms with Crippen LogP contribution in [0.25, 0.3) is 0 Å². The summed E-state index contributed by atoms with van der Waals surface area (Å²) in [6.07, 6.45) is 4.57. The Morgan fingerprint density at radius 3 is 2.92 bits per heavy atom. The topological polar surface area (TPSA) is 72.5 Å². The molecule has 3 rings (SSSR count). The molecule has 132 valence electrons. The highest BCUT2D eigenvalue weighted by Gasteiger charge is 2.21. The van der Waals surface area contributed by atoms with Crippen LogP contribution in [0.5, 0.6) is 5.75 Å². The molecule has 2 heterocycles. The number of benzene rings is 1. The lowest BCUT2D eigenvalue weighted by molar-refractivity contribution is 0.262. The number of nitrogens with zero attached hydrogens (tertiary/aromatic N) is 2. The molecule has 1 aliphatic heterocycles. The smallest absolute Gasteiger partial charge is 0.189 e. The second-order valence-electron chi connectivity index (χ2n) is 7.36. The van der Waals surface area contributed by atoms with Crippen molar-refractivity contribution >= 4 is 5.96 Å². The minimum Gasteiger partial charge on any atom is -0.493 e. The molecule has 2 aromatic rings. The van der Waals surface area contributed by atoms with Crippen LogP contribution in [0.2, 0.25) is 0 Å². The van der Waals surface area contributed by atoms with E-state index in [1.165, 1.54) is 5.56 Å². The van der Waals surface area contributed by atoms with Crippen molar-refractivity contribution in [3.63, 3.8) is 0 Å². The van der Waals surface area contributed by atoms with E-state index in [1.807, 2.05) is 30.6 Å². The van der Waals surface area contributed by atoms with Crippen molar-refractivity contribution in [2.45, 2.75) is 45.2 Å². The Bertz CT molecular complexity index is 764. The molecule has 0 fully saturated rings. The zero-order valence-electron chi connectivity index (χ0n) is 15.1. The maximum atomic E-state index is 6.15. The van der Waals surface area contributed by atoms with Crippen molar-refractivity contribution < 1.29 is 4.74 Å². The molecule has 0 radical (unpaired) electrons. The number of hydrogen-bond donors (Lipinski definition) is 2. The minimum absolute atomic E-state index is 0.0512. The third kappa shape index (κ3) is 4.10. The van der Waals surface area contributed by atoms with Gasteiger partial charge in [0, 0.05) is 24.4 Å². The molecule has 0 saturated carbocycles. The van der Waals surface area contributed by atoms with Gasteiger partial charge in [-0.25, -0.2) is 4.99 Å². The van der Waals surface area contributed by atoms with Gasteiger partial charge in [0.1, 0.15) is 5.75 Å². The Labute approximate surface area is 149 Å². The molecule has 0 aliphatic carbocycles. The molecule has 0 saturated heterocycles. The summed E-state index contributed by atoms with van der Waals surface area (Å²) in [6.45, 7) is 7.77. The molecule has 5 heteroatoms. The summed E-state index contributed by atoms with van der Waals surface area (Å²) in [6, 6.07) is 10.2. The van der Waals surface area contributed by atoms with Gasteiger partial charge in [0.25, 0.3) is 0 Å². The van der Waals surface area contributed by atoms with E-state index >= 15 is 0 Å². The molecule has 5 nitrogen and oxygen atoms in total. The highest BCUT2D eigenvalue weighted by molar-refractivity contribution is 5.78. The van der Waals surface area contributed by atoms with E-state index in [9.17, 15) is 0 Å². The van der Waals surface area contributed by atoms with Crippen LogP contribution in [0.15, 0.2) is 47.7 Å². The lowest BCUT2D eigenvalue weighted by Crippen LogP contribution is -2.37. The molecule has 3 N–H and O–H groups in total. The Morgan fingerprint density at radius 2 is 2.12 bits per heavy atom. The van der Waals surface area contributed by atoms with E-state index in [0.29, 0.717) is 19.1 Å². The first kappa shape index (κ1) is 17.3. The van der Waals surface area contributed by atoms with E-state index in [1.54, 1.807) is 0 Å². The first-order valence-corrected chi connectivity index (χ1v) is 8.66. The number of aromatic nitrogens is 1. The Kier molecular flexibility index (Phi) is 4.93. The third-order valence-electron chi connectivity index (χ3n) is 4.41. The molecule has 1 aromatic carbocycles. The minimum atomic E-state index is 0.0512. The average Bonchev–Trinajstić information content (AvgIpc) is 2.60. The van der Waals surface area contributed by atoms with E-state index in [0.717, 1.165) is 23.3 Å². The second-order valence-corrected chi connectivity index (χ2v) is 7.36. The third-order valence-corrected chi connectivity index (χ3v) is 4.41. The van der Waals surface area contributed by atoms with Gasteiger partial charge in [-0.15, -0.1) is 0 Å². The summed E-state index contributed by atoms with van der Waals surface area (Å²) >= 11 is 0. The number of guanidine groups is 1. The molecule has 25 heavy (non-hydrogen) atoms. The van der Waals surface area contributed by atoms with Crippen molar-refractivity contribution in [2.75, 3.05) is 6.61 Å². The van der Waals surface area contributed by atoms with Gasteiger partial charge in [-0.2, -0.15) is 0 Å². The highest BCUT2D eigenvalue weighted by Crippen LogP contribution is 2.31. The Morgan fingerprint density at radius 1 is 1.32 bits per heavy atom. The Hall–Kier alpha value is -2.56. The molecule has 1 unspecified atom stereocenters. The number of ether oxygens (including phenoxy) is 1. The van der Waals surface area contributed by atoms with E-state index in [2.05, 4.69) is 48.2 Å². The number of nitrogens with one attached hydrogen (secondary N) is 1. The number of nitrogens with two attached hydrogens (primary N) is 1. The predicted molar refractivity (Wildman–Crippen MR) is 101 cm³/mol. The molecule has 1 atom stereocenters. The van der Waals surface area contributed by atoms with E-state index in [4.69, 9.17) is 10.5 Å². The van der Waals surface area contributed by atoms with Crippen LogP contribution in [-0.4, -0.2) is 17.6 Å². The van der Waals surface area contributed by atoms with Gasteiger partial charge in [-0.3, -0.25) is 4.98 Å². The van der Waals surface area contributed by atoms with Gasteiger partial charge in [-0.1, -0.05) is 39.0 Å². The van der Waals surface area contributed by atoms with Gasteiger partial charge >= 0.3 is 0 Å². The van der Waals surface area contributed by atoms with Gasteiger partial charge < -0.3 is 15.8 Å². The van der Waals surface area contributed by atoms with Crippen molar-refractivity contribution in [3.05, 3.63) is 59.4 Å². The number of fused-ring (bicyclic) bond motifs is 1. The van der Waals surface area contributed by atoms with Crippen LogP contribution in [0.4, 0.5) is 0 Å². The van der Waals surface area contributed by atoms with Crippen molar-refractivity contribution in [3.8, 4) is 5.75 Å². The largest absolute Gasteiger partial charge is 0.493 e. The molecule has 0 spiro atoms. The summed E-state index contributed by atoms with van der Waals surface area (Å²) in [5, 5.41) is 3.33. The number of hydrogen-bond acceptors (Lipinski definition) is 3. The molecular formula is C20H26N4O. The number of pyridine rings is 1. The fourth-order valence-corrected chi connectivity index (χ4v) is 3.17. The van der Waals surface area contributed by atoms with Gasteiger partial charge in [-0.05, 0) is 28.7 Å². The van der Waals surface area contributed by atoms with Crippen molar-refractivity contribution in [1.82, 2.24) is 10.3 Å². The van der Waals surface area contributed by atoms with E-state index < -0.39 is 0 Å². The molecular weight excluding hydrogens is 312 g/mol. The molecule has 0 amide bonds. The maximum Gasteiger partial charge on any atom is 0.189 e. The normalized spacial score (nSPS) is 17.6. The van der Waals surface area contributed by atoms with Crippen LogP contribution < -0.4 is 15.8 Å². The highest BCUT2D eigenvalue weighted by atomic mass is 16.5. The van der Waals surface area contributed by atoms with Crippen LogP contribution >= 0.6 is 0 Å². The van der Waals surface area contributed by atoms with Crippen molar-refractivity contribution in [1.29, 1.82) is 0 Å². The zero-order valence-corrected chi connectivity index (χ0v) is 15.1. The van der Waals surface area contributed by atoms with Crippen molar-refractivity contribution in [2.24, 2.45) is 10.7 Å². The number of para-hydroxylation sites is 1. The fraction of sp³-hybridized carbons (Fsp3) is 0.400. The summed E-state index contributed by atoms with van der Waals surface area (Å²) < 4.78 is 5.69. The predicted octanol–water partition coefficient (Wildman–Crippen LogP) is 3.31. The summed E-state index contributed by atoms with van der Waals surface area (Å²) in [5.41, 5.74) is 9.68. The van der Waals surface area contributed by atoms with E-state index in [-0.39, 0.29) is 11.5 Å². The molecule has 1 aliphatic rings. The summed E-state index contributed by atoms with van der Waals surface area (Å²) in [5.74, 6) is 1.37. The quantitative estimate of drug-likeness (QED) is 0.665. The van der Waals surface area contributed by atoms with Crippen LogP contribution in [0, 0.1) is 0 Å². The van der Waals surface area contributed by atoms with Crippen LogP contribution in [0.3, 0.4) is 0 Å². The summed E-state index contributed by atoms with van der Waals surface area (Å²) in [7, 11) is 0. The molecule has 0 bridgehead atoms. The molecule has 1 aromatic heterocycles. The monoisotopic (exact) mass is 338 g/mol. The number of rotatable bonds is 3. The van der Waals surface area contributed by atoms with Gasteiger partial charge in [0.2, 0.25) is 0 Å². The van der Waals surface area contributed by atoms with Crippen LogP contribution in [-0.2, 0) is 12.0 Å². The Balaban J connectivity index is 1.72. The zero-order chi connectivity index (χ0) is 17.9. The summed E-state index contributed by atoms with van der Waals surface area (Å²) in [4.78, 5) is 8.77. The SMILES string of the molecule is CC(C)(C)c1ccncc1CN=C(N)NC1CCOc2ccccc21. The average molecular weight is 338 g/mol. The fourth-order valence-electron chi connectivity index (χ4n) is 3.17. The van der Waals surface area contributed by atoms with Gasteiger partial charge in [0.05, 0.1) is 19.2 Å². The maximum absolute atomic E-state index is 6.15. The second kappa shape index (κ2) is 7.13. The standard InChI is InChI=1S/C20H26N4O/c1-20(2,3)16-8-10-22-12-14(16)13-23-19(21)24-17-9-11-25-18-7-5-4-6-15(17)18/h4-8,10,12,17H,9,11,13H2,1-3H3,(H3,21,23,24).